The molecule has 0 unspecified atom stereocenters. The summed E-state index contributed by atoms with van der Waals surface area (Å²) in [6, 6.07) is 20.8. The molecular formula is C17H12ClNO. The highest BCUT2D eigenvalue weighted by Crippen LogP contribution is 2.20. The zero-order valence-corrected chi connectivity index (χ0v) is 11.4. The monoisotopic (exact) mass is 281 g/mol. The molecule has 0 aliphatic heterocycles. The Morgan fingerprint density at radius 2 is 1.65 bits per heavy atom. The molecule has 0 spiro atoms. The van der Waals surface area contributed by atoms with Crippen molar-refractivity contribution >= 4 is 34.0 Å². The zero-order chi connectivity index (χ0) is 13.9. The smallest absolute Gasteiger partial charge is 0.255 e. The maximum Gasteiger partial charge on any atom is 0.255 e. The van der Waals surface area contributed by atoms with Gasteiger partial charge in [-0.05, 0) is 41.1 Å². The second-order valence-corrected chi connectivity index (χ2v) is 4.96. The molecule has 20 heavy (non-hydrogen) atoms. The number of amides is 1. The molecule has 3 aromatic carbocycles. The van der Waals surface area contributed by atoms with E-state index >= 15 is 0 Å². The molecule has 3 rings (SSSR count). The second-order valence-electron chi connectivity index (χ2n) is 4.53. The summed E-state index contributed by atoms with van der Waals surface area (Å²) in [5.41, 5.74) is 1.32. The van der Waals surface area contributed by atoms with E-state index in [9.17, 15) is 4.79 Å². The van der Waals surface area contributed by atoms with Crippen LogP contribution in [0.15, 0.2) is 66.7 Å². The van der Waals surface area contributed by atoms with Gasteiger partial charge < -0.3 is 5.32 Å². The van der Waals surface area contributed by atoms with Crippen LogP contribution in [0.4, 0.5) is 5.69 Å². The molecule has 1 amide bonds. The Hall–Kier alpha value is -2.32. The van der Waals surface area contributed by atoms with Gasteiger partial charge in [0.25, 0.3) is 5.91 Å². The number of carbonyl (C=O) groups excluding carboxylic acids is 1. The molecule has 0 atom stereocenters. The molecule has 0 radical (unpaired) electrons. The third-order valence-corrected chi connectivity index (χ3v) is 3.33. The average Bonchev–Trinajstić information content (AvgIpc) is 2.47. The lowest BCUT2D eigenvalue weighted by molar-refractivity contribution is 0.102. The Morgan fingerprint density at radius 1 is 0.850 bits per heavy atom. The third-order valence-electron chi connectivity index (χ3n) is 3.09. The molecule has 0 aliphatic rings. The first-order chi connectivity index (χ1) is 9.72. The van der Waals surface area contributed by atoms with Gasteiger partial charge in [-0.1, -0.05) is 48.0 Å². The van der Waals surface area contributed by atoms with Gasteiger partial charge in [-0.25, -0.2) is 0 Å². The number of anilines is 1. The Balaban J connectivity index is 1.87. The van der Waals surface area contributed by atoms with E-state index in [1.807, 2.05) is 42.5 Å². The fraction of sp³-hybridized carbons (Fsp3) is 0. The molecule has 0 saturated carbocycles. The van der Waals surface area contributed by atoms with E-state index in [1.54, 1.807) is 24.3 Å². The fourth-order valence-corrected chi connectivity index (χ4v) is 2.29. The summed E-state index contributed by atoms with van der Waals surface area (Å²) in [6.45, 7) is 0. The van der Waals surface area contributed by atoms with E-state index in [2.05, 4.69) is 5.32 Å². The van der Waals surface area contributed by atoms with Crippen molar-refractivity contribution < 1.29 is 4.79 Å². The van der Waals surface area contributed by atoms with Gasteiger partial charge in [-0.15, -0.1) is 0 Å². The first kappa shape index (κ1) is 12.7. The molecule has 0 fully saturated rings. The molecule has 3 aromatic rings. The maximum atomic E-state index is 12.1. The van der Waals surface area contributed by atoms with Gasteiger partial charge in [0, 0.05) is 16.3 Å². The van der Waals surface area contributed by atoms with Crippen molar-refractivity contribution in [3.63, 3.8) is 0 Å². The van der Waals surface area contributed by atoms with E-state index in [-0.39, 0.29) is 5.91 Å². The quantitative estimate of drug-likeness (QED) is 0.722. The van der Waals surface area contributed by atoms with Gasteiger partial charge in [0.1, 0.15) is 0 Å². The number of fused-ring (bicyclic) bond motifs is 1. The Kier molecular flexibility index (Phi) is 3.40. The Morgan fingerprint density at radius 3 is 2.45 bits per heavy atom. The van der Waals surface area contributed by atoms with Crippen molar-refractivity contribution in [1.29, 1.82) is 0 Å². The minimum atomic E-state index is -0.164. The van der Waals surface area contributed by atoms with E-state index in [0.29, 0.717) is 10.6 Å². The third kappa shape index (κ3) is 2.65. The van der Waals surface area contributed by atoms with E-state index in [4.69, 9.17) is 11.6 Å². The van der Waals surface area contributed by atoms with Gasteiger partial charge in [-0.2, -0.15) is 0 Å². The Labute approximate surface area is 122 Å². The Bertz CT molecular complexity index is 783. The molecule has 0 saturated heterocycles. The van der Waals surface area contributed by atoms with Crippen molar-refractivity contribution in [2.45, 2.75) is 0 Å². The lowest BCUT2D eigenvalue weighted by atomic mass is 10.1. The number of hydrogen-bond donors (Lipinski definition) is 1. The van der Waals surface area contributed by atoms with Crippen LogP contribution in [-0.4, -0.2) is 5.91 Å². The predicted molar refractivity (Wildman–Crippen MR) is 83.4 cm³/mol. The standard InChI is InChI=1S/C17H12ClNO/c18-15-7-3-6-14(10-15)17(20)19-16-9-8-12-4-1-2-5-13(12)11-16/h1-11H,(H,19,20). The summed E-state index contributed by atoms with van der Waals surface area (Å²) in [4.78, 5) is 12.1. The van der Waals surface area contributed by atoms with Crippen LogP contribution >= 0.6 is 11.6 Å². The van der Waals surface area contributed by atoms with Crippen LogP contribution in [0, 0.1) is 0 Å². The van der Waals surface area contributed by atoms with Crippen molar-refractivity contribution in [2.75, 3.05) is 5.32 Å². The number of halogens is 1. The minimum Gasteiger partial charge on any atom is -0.322 e. The topological polar surface area (TPSA) is 29.1 Å². The lowest BCUT2D eigenvalue weighted by Gasteiger charge is -2.07. The van der Waals surface area contributed by atoms with E-state index < -0.39 is 0 Å². The lowest BCUT2D eigenvalue weighted by Crippen LogP contribution is -2.11. The van der Waals surface area contributed by atoms with Crippen LogP contribution in [0.3, 0.4) is 0 Å². The van der Waals surface area contributed by atoms with Crippen molar-refractivity contribution in [3.8, 4) is 0 Å². The van der Waals surface area contributed by atoms with Crippen LogP contribution in [0.5, 0.6) is 0 Å². The SMILES string of the molecule is O=C(Nc1ccc2ccccc2c1)c1cccc(Cl)c1. The number of nitrogens with one attached hydrogen (secondary N) is 1. The summed E-state index contributed by atoms with van der Waals surface area (Å²) in [5, 5.41) is 5.67. The largest absolute Gasteiger partial charge is 0.322 e. The van der Waals surface area contributed by atoms with Gasteiger partial charge in [0.05, 0.1) is 0 Å². The van der Waals surface area contributed by atoms with Crippen LogP contribution in [0.2, 0.25) is 5.02 Å². The molecule has 0 bridgehead atoms. The van der Waals surface area contributed by atoms with Crippen molar-refractivity contribution in [3.05, 3.63) is 77.3 Å². The summed E-state index contributed by atoms with van der Waals surface area (Å²) in [5.74, 6) is -0.164. The summed E-state index contributed by atoms with van der Waals surface area (Å²) >= 11 is 5.89. The summed E-state index contributed by atoms with van der Waals surface area (Å²) < 4.78 is 0. The van der Waals surface area contributed by atoms with Crippen LogP contribution in [0.1, 0.15) is 10.4 Å². The molecule has 98 valence electrons. The zero-order valence-electron chi connectivity index (χ0n) is 10.6. The predicted octanol–water partition coefficient (Wildman–Crippen LogP) is 4.75. The fourth-order valence-electron chi connectivity index (χ4n) is 2.10. The van der Waals surface area contributed by atoms with Gasteiger partial charge >= 0.3 is 0 Å². The summed E-state index contributed by atoms with van der Waals surface area (Å²) in [6.07, 6.45) is 0. The second kappa shape index (κ2) is 5.35. The maximum absolute atomic E-state index is 12.1. The number of rotatable bonds is 2. The number of hydrogen-bond acceptors (Lipinski definition) is 1. The van der Waals surface area contributed by atoms with Gasteiger partial charge in [0.2, 0.25) is 0 Å². The molecule has 0 heterocycles. The highest BCUT2D eigenvalue weighted by atomic mass is 35.5. The van der Waals surface area contributed by atoms with Crippen LogP contribution in [0.25, 0.3) is 10.8 Å². The van der Waals surface area contributed by atoms with E-state index in [1.165, 1.54) is 0 Å². The van der Waals surface area contributed by atoms with Gasteiger partial charge in [0.15, 0.2) is 0 Å². The molecule has 1 N–H and O–H groups in total. The van der Waals surface area contributed by atoms with Gasteiger partial charge in [-0.3, -0.25) is 4.79 Å². The molecule has 2 nitrogen and oxygen atoms in total. The van der Waals surface area contributed by atoms with Crippen LogP contribution in [-0.2, 0) is 0 Å². The molecule has 0 aliphatic carbocycles. The van der Waals surface area contributed by atoms with Crippen LogP contribution < -0.4 is 5.32 Å². The highest BCUT2D eigenvalue weighted by Gasteiger charge is 2.06. The van der Waals surface area contributed by atoms with Crippen molar-refractivity contribution in [1.82, 2.24) is 0 Å². The summed E-state index contributed by atoms with van der Waals surface area (Å²) in [7, 11) is 0. The number of carbonyl (C=O) groups is 1. The highest BCUT2D eigenvalue weighted by molar-refractivity contribution is 6.31. The molecule has 0 aromatic heterocycles. The minimum absolute atomic E-state index is 0.164. The van der Waals surface area contributed by atoms with Crippen molar-refractivity contribution in [2.24, 2.45) is 0 Å². The van der Waals surface area contributed by atoms with E-state index in [0.717, 1.165) is 16.5 Å². The number of benzene rings is 3. The first-order valence-electron chi connectivity index (χ1n) is 6.28. The first-order valence-corrected chi connectivity index (χ1v) is 6.66. The molecular weight excluding hydrogens is 270 g/mol. The average molecular weight is 282 g/mol. The molecule has 3 heteroatoms. The normalized spacial score (nSPS) is 10.4.